The molecule has 0 fully saturated rings. The molecule has 3 nitrogen and oxygen atoms in total. The first-order valence-electron chi connectivity index (χ1n) is 5.25. The van der Waals surface area contributed by atoms with Crippen molar-refractivity contribution in [3.63, 3.8) is 0 Å². The normalized spacial score (nSPS) is 9.18. The summed E-state index contributed by atoms with van der Waals surface area (Å²) in [5, 5.41) is 16.9. The SMILES string of the molecule is CC.N=C(CCC(=O)O)c1ccc(Cl)c(Cl)c1. The molecule has 0 heterocycles. The van der Waals surface area contributed by atoms with E-state index in [0.29, 0.717) is 15.6 Å². The van der Waals surface area contributed by atoms with Crippen LogP contribution in [-0.4, -0.2) is 16.8 Å². The van der Waals surface area contributed by atoms with Gasteiger partial charge in [-0.05, 0) is 24.1 Å². The van der Waals surface area contributed by atoms with Crippen LogP contribution in [-0.2, 0) is 4.79 Å². The number of carboxylic acid groups (broad SMARTS) is 1. The van der Waals surface area contributed by atoms with E-state index in [1.54, 1.807) is 18.2 Å². The molecule has 0 aromatic heterocycles. The van der Waals surface area contributed by atoms with Crippen molar-refractivity contribution >= 4 is 34.9 Å². The van der Waals surface area contributed by atoms with Gasteiger partial charge >= 0.3 is 5.97 Å². The third-order valence-corrected chi connectivity index (χ3v) is 2.60. The van der Waals surface area contributed by atoms with Crippen molar-refractivity contribution in [1.82, 2.24) is 0 Å². The van der Waals surface area contributed by atoms with Crippen LogP contribution < -0.4 is 0 Å². The molecule has 0 unspecified atom stereocenters. The lowest BCUT2D eigenvalue weighted by atomic mass is 10.1. The minimum atomic E-state index is -0.917. The van der Waals surface area contributed by atoms with Crippen LogP contribution in [0.2, 0.25) is 10.0 Å². The van der Waals surface area contributed by atoms with Gasteiger partial charge in [-0.15, -0.1) is 0 Å². The molecule has 0 spiro atoms. The van der Waals surface area contributed by atoms with Gasteiger partial charge in [0.2, 0.25) is 0 Å². The van der Waals surface area contributed by atoms with Crippen molar-refractivity contribution in [2.24, 2.45) is 0 Å². The van der Waals surface area contributed by atoms with E-state index in [1.807, 2.05) is 13.8 Å². The Kier molecular flexibility index (Phi) is 7.59. The van der Waals surface area contributed by atoms with Crippen molar-refractivity contribution < 1.29 is 9.90 Å². The summed E-state index contributed by atoms with van der Waals surface area (Å²) in [6.07, 6.45) is 0.131. The number of aliphatic carboxylic acids is 1. The van der Waals surface area contributed by atoms with Crippen LogP contribution in [0.1, 0.15) is 32.3 Å². The molecule has 1 aromatic carbocycles. The molecule has 0 saturated heterocycles. The van der Waals surface area contributed by atoms with E-state index in [-0.39, 0.29) is 18.6 Å². The molecular weight excluding hydrogens is 261 g/mol. The zero-order valence-corrected chi connectivity index (χ0v) is 11.3. The maximum absolute atomic E-state index is 10.3. The number of nitrogens with one attached hydrogen (secondary N) is 1. The Hall–Kier alpha value is -1.06. The Morgan fingerprint density at radius 3 is 2.29 bits per heavy atom. The minimum Gasteiger partial charge on any atom is -0.481 e. The zero-order valence-electron chi connectivity index (χ0n) is 9.76. The Morgan fingerprint density at radius 1 is 1.24 bits per heavy atom. The van der Waals surface area contributed by atoms with Crippen molar-refractivity contribution in [3.05, 3.63) is 33.8 Å². The fourth-order valence-electron chi connectivity index (χ4n) is 1.06. The maximum atomic E-state index is 10.3. The van der Waals surface area contributed by atoms with E-state index in [1.165, 1.54) is 0 Å². The van der Waals surface area contributed by atoms with Crippen molar-refractivity contribution in [2.75, 3.05) is 0 Å². The van der Waals surface area contributed by atoms with E-state index < -0.39 is 5.97 Å². The van der Waals surface area contributed by atoms with Gasteiger partial charge in [0.05, 0.1) is 16.5 Å². The highest BCUT2D eigenvalue weighted by Crippen LogP contribution is 2.23. The third kappa shape index (κ3) is 5.71. The molecule has 0 amide bonds. The van der Waals surface area contributed by atoms with Gasteiger partial charge in [0.25, 0.3) is 0 Å². The summed E-state index contributed by atoms with van der Waals surface area (Å²) in [6.45, 7) is 4.00. The molecule has 5 heteroatoms. The molecule has 2 N–H and O–H groups in total. The molecule has 94 valence electrons. The highest BCUT2D eigenvalue weighted by atomic mass is 35.5. The summed E-state index contributed by atoms with van der Waals surface area (Å²) in [4.78, 5) is 10.3. The molecule has 0 radical (unpaired) electrons. The molecule has 17 heavy (non-hydrogen) atoms. The van der Waals surface area contributed by atoms with Crippen LogP contribution in [0.3, 0.4) is 0 Å². The van der Waals surface area contributed by atoms with E-state index in [0.717, 1.165) is 0 Å². The highest BCUT2D eigenvalue weighted by molar-refractivity contribution is 6.42. The summed E-state index contributed by atoms with van der Waals surface area (Å²) in [5.74, 6) is -0.917. The zero-order chi connectivity index (χ0) is 13.4. The number of benzene rings is 1. The number of hydrogen-bond acceptors (Lipinski definition) is 2. The van der Waals surface area contributed by atoms with Crippen molar-refractivity contribution in [1.29, 1.82) is 5.41 Å². The molecule has 0 bridgehead atoms. The van der Waals surface area contributed by atoms with Crippen molar-refractivity contribution in [2.45, 2.75) is 26.7 Å². The monoisotopic (exact) mass is 275 g/mol. The topological polar surface area (TPSA) is 61.2 Å². The maximum Gasteiger partial charge on any atom is 0.303 e. The molecule has 1 aromatic rings. The quantitative estimate of drug-likeness (QED) is 0.807. The van der Waals surface area contributed by atoms with Crippen molar-refractivity contribution in [3.8, 4) is 0 Å². The van der Waals surface area contributed by atoms with Crippen LogP contribution in [0.5, 0.6) is 0 Å². The molecule has 0 aliphatic rings. The average molecular weight is 276 g/mol. The molecule has 0 aliphatic carbocycles. The van der Waals surface area contributed by atoms with Gasteiger partial charge in [0.15, 0.2) is 0 Å². The van der Waals surface area contributed by atoms with Gasteiger partial charge in [-0.25, -0.2) is 0 Å². The second-order valence-electron chi connectivity index (χ2n) is 3.00. The van der Waals surface area contributed by atoms with Crippen LogP contribution in [0, 0.1) is 5.41 Å². The molecule has 0 saturated carbocycles. The first-order chi connectivity index (χ1) is 8.00. The summed E-state index contributed by atoms with van der Waals surface area (Å²) < 4.78 is 0. The number of hydrogen-bond donors (Lipinski definition) is 2. The van der Waals surface area contributed by atoms with Gasteiger partial charge in [0.1, 0.15) is 0 Å². The van der Waals surface area contributed by atoms with E-state index >= 15 is 0 Å². The van der Waals surface area contributed by atoms with Crippen LogP contribution >= 0.6 is 23.2 Å². The largest absolute Gasteiger partial charge is 0.481 e. The highest BCUT2D eigenvalue weighted by Gasteiger charge is 2.06. The van der Waals surface area contributed by atoms with Gasteiger partial charge in [0, 0.05) is 5.71 Å². The number of rotatable bonds is 4. The second kappa shape index (κ2) is 8.09. The Balaban J connectivity index is 0.00000121. The fraction of sp³-hybridized carbons (Fsp3) is 0.333. The number of halogens is 2. The van der Waals surface area contributed by atoms with Gasteiger partial charge in [-0.1, -0.05) is 43.1 Å². The van der Waals surface area contributed by atoms with Crippen LogP contribution in [0.15, 0.2) is 18.2 Å². The predicted octanol–water partition coefficient (Wildman–Crippen LogP) is 4.25. The predicted molar refractivity (Wildman–Crippen MR) is 71.5 cm³/mol. The molecule has 1 rings (SSSR count). The average Bonchev–Trinajstić information content (AvgIpc) is 2.32. The number of carbonyl (C=O) groups is 1. The Bertz CT molecular complexity index is 405. The van der Waals surface area contributed by atoms with Gasteiger partial charge in [-0.2, -0.15) is 0 Å². The Morgan fingerprint density at radius 2 is 1.82 bits per heavy atom. The molecular formula is C12H15Cl2NO2. The Labute approximate surface area is 111 Å². The smallest absolute Gasteiger partial charge is 0.303 e. The lowest BCUT2D eigenvalue weighted by Crippen LogP contribution is -2.03. The summed E-state index contributed by atoms with van der Waals surface area (Å²) in [7, 11) is 0. The van der Waals surface area contributed by atoms with Crippen LogP contribution in [0.4, 0.5) is 0 Å². The third-order valence-electron chi connectivity index (χ3n) is 1.86. The first-order valence-corrected chi connectivity index (χ1v) is 6.01. The standard InChI is InChI=1S/C10H9Cl2NO2.C2H6/c11-7-2-1-6(5-8(7)12)9(13)3-4-10(14)15;1-2/h1-2,5,13H,3-4H2,(H,14,15);1-2H3. The summed E-state index contributed by atoms with van der Waals surface area (Å²) >= 11 is 11.5. The molecule has 0 atom stereocenters. The lowest BCUT2D eigenvalue weighted by molar-refractivity contribution is -0.136. The lowest BCUT2D eigenvalue weighted by Gasteiger charge is -2.03. The number of carboxylic acids is 1. The first kappa shape index (κ1) is 15.9. The summed E-state index contributed by atoms with van der Waals surface area (Å²) in [6, 6.07) is 4.81. The van der Waals surface area contributed by atoms with E-state index in [4.69, 9.17) is 33.7 Å². The minimum absolute atomic E-state index is 0.0565. The summed E-state index contributed by atoms with van der Waals surface area (Å²) in [5.41, 5.74) is 0.849. The van der Waals surface area contributed by atoms with E-state index in [9.17, 15) is 4.79 Å². The van der Waals surface area contributed by atoms with Gasteiger partial charge in [-0.3, -0.25) is 4.79 Å². The second-order valence-corrected chi connectivity index (χ2v) is 3.82. The molecule has 0 aliphatic heterocycles. The fourth-order valence-corrected chi connectivity index (χ4v) is 1.36. The van der Waals surface area contributed by atoms with Gasteiger partial charge < -0.3 is 10.5 Å². The van der Waals surface area contributed by atoms with Crippen LogP contribution in [0.25, 0.3) is 0 Å². The van der Waals surface area contributed by atoms with E-state index in [2.05, 4.69) is 0 Å².